The summed E-state index contributed by atoms with van der Waals surface area (Å²) in [4.78, 5) is 92.8. The molecule has 1 aromatic heterocycles. The van der Waals surface area contributed by atoms with Crippen molar-refractivity contribution >= 4 is 53.1 Å². The summed E-state index contributed by atoms with van der Waals surface area (Å²) in [6, 6.07) is 5.95. The van der Waals surface area contributed by atoms with Gasteiger partial charge >= 0.3 is 0 Å². The molecule has 0 saturated carbocycles. The van der Waals surface area contributed by atoms with Crippen molar-refractivity contribution in [2.75, 3.05) is 98.4 Å². The van der Waals surface area contributed by atoms with Gasteiger partial charge in [-0.2, -0.15) is 0 Å². The molecule has 0 fully saturated rings. The van der Waals surface area contributed by atoms with E-state index in [-0.39, 0.29) is 110 Å². The van der Waals surface area contributed by atoms with Crippen LogP contribution >= 0.6 is 11.8 Å². The third kappa shape index (κ3) is 36.4. The van der Waals surface area contributed by atoms with Gasteiger partial charge in [-0.25, -0.2) is 0 Å². The van der Waals surface area contributed by atoms with E-state index in [1.165, 1.54) is 11.8 Å². The van der Waals surface area contributed by atoms with Gasteiger partial charge in [0.15, 0.2) is 0 Å². The number of amides is 7. The van der Waals surface area contributed by atoms with Crippen LogP contribution in [0.1, 0.15) is 191 Å². The summed E-state index contributed by atoms with van der Waals surface area (Å²) in [5, 5.41) is 29.2. The van der Waals surface area contributed by atoms with Crippen LogP contribution in [0.2, 0.25) is 0 Å². The zero-order chi connectivity index (χ0) is 71.1. The Hall–Kier alpha value is -5.36. The lowest BCUT2D eigenvalue weighted by molar-refractivity contribution is -0.132. The fourth-order valence-electron chi connectivity index (χ4n) is 9.90. The summed E-state index contributed by atoms with van der Waals surface area (Å²) in [5.41, 5.74) is -3.79. The fourth-order valence-corrected chi connectivity index (χ4v) is 10.2. The highest BCUT2D eigenvalue weighted by atomic mass is 32.2. The first-order valence-electron chi connectivity index (χ1n) is 32.9. The van der Waals surface area contributed by atoms with E-state index in [2.05, 4.69) is 82.0 Å². The Labute approximate surface area is 562 Å². The maximum atomic E-state index is 13.9. The normalized spacial score (nSPS) is 13.5. The standard InChI is InChI=1S/C70H123N9O13S/c1-48(2)56(84)75-39-68(18,19)47-91-70(22,23)34-54(82)74-38-66(14,15)45-87-41-62(6,7)31-52(80)72-35-51(57(85)71-29-30-90-50-27-25-49(26-28-50)58-78-79-60(92-58)93-24)77-55(83)33-64(10,11)43-89-44-65(12,13)37-73-53(81)32-63(8,9)42-88-46-67(16,17)40-76-59(86)69(20,21)36-61(3,4)5/h25-28,48,51H,29-47H2,1-24H3,(H,71,85)(H,72,80)(H,73,81)(H,74,82)(H,75,84)(H,76,86)(H,77,83)/t51-/m0/s1. The molecule has 7 amide bonds. The van der Waals surface area contributed by atoms with Crippen LogP contribution in [-0.2, 0) is 52.5 Å². The number of carbonyl (C=O) groups is 7. The lowest BCUT2D eigenvalue weighted by atomic mass is 9.75. The van der Waals surface area contributed by atoms with E-state index in [0.29, 0.717) is 76.1 Å². The number of carbonyl (C=O) groups excluding carboxylic acids is 7. The molecule has 1 aromatic carbocycles. The number of aromatic nitrogens is 2. The van der Waals surface area contributed by atoms with Crippen molar-refractivity contribution in [1.29, 1.82) is 0 Å². The average Bonchev–Trinajstić information content (AvgIpc) is 1.92. The van der Waals surface area contributed by atoms with Crippen molar-refractivity contribution in [3.05, 3.63) is 24.3 Å². The summed E-state index contributed by atoms with van der Waals surface area (Å²) >= 11 is 1.35. The minimum atomic E-state index is -1.14. The molecule has 0 bridgehead atoms. The monoisotopic (exact) mass is 1330 g/mol. The smallest absolute Gasteiger partial charge is 0.276 e. The topological polar surface area (TPSA) is 289 Å². The fraction of sp³-hybridized carbons (Fsp3) is 0.786. The van der Waals surface area contributed by atoms with Crippen LogP contribution in [0.4, 0.5) is 0 Å². The Morgan fingerprint density at radius 1 is 0.495 bits per heavy atom. The van der Waals surface area contributed by atoms with Crippen LogP contribution in [0.5, 0.6) is 5.75 Å². The zero-order valence-corrected chi connectivity index (χ0v) is 62.3. The molecule has 0 unspecified atom stereocenters. The highest BCUT2D eigenvalue weighted by Gasteiger charge is 2.36. The molecule has 2 rings (SSSR count). The molecule has 0 spiro atoms. The van der Waals surface area contributed by atoms with E-state index < -0.39 is 55.9 Å². The maximum absolute atomic E-state index is 13.9. The van der Waals surface area contributed by atoms with Crippen molar-refractivity contribution in [1.82, 2.24) is 47.4 Å². The van der Waals surface area contributed by atoms with Gasteiger partial charge in [0.1, 0.15) is 18.4 Å². The van der Waals surface area contributed by atoms with Gasteiger partial charge in [0.05, 0.1) is 64.8 Å². The van der Waals surface area contributed by atoms with Gasteiger partial charge in [-0.3, -0.25) is 33.6 Å². The van der Waals surface area contributed by atoms with Crippen LogP contribution in [-0.4, -0.2) is 162 Å². The number of hydrogen-bond acceptors (Lipinski definition) is 16. The molecule has 532 valence electrons. The molecule has 1 heterocycles. The highest BCUT2D eigenvalue weighted by Crippen LogP contribution is 2.34. The molecular formula is C70H123N9O13S. The number of nitrogens with zero attached hydrogens (tertiary/aromatic N) is 2. The van der Waals surface area contributed by atoms with E-state index in [1.807, 2.05) is 131 Å². The van der Waals surface area contributed by atoms with Crippen molar-refractivity contribution in [3.8, 4) is 17.2 Å². The summed E-state index contributed by atoms with van der Waals surface area (Å²) in [6.45, 7) is 49.2. The van der Waals surface area contributed by atoms with Gasteiger partial charge in [-0.15, -0.1) is 10.2 Å². The molecule has 23 heteroatoms. The first-order chi connectivity index (χ1) is 42.4. The van der Waals surface area contributed by atoms with Gasteiger partial charge < -0.3 is 65.3 Å². The second kappa shape index (κ2) is 36.1. The Morgan fingerprint density at radius 2 is 0.925 bits per heavy atom. The van der Waals surface area contributed by atoms with Gasteiger partial charge in [-0.1, -0.05) is 157 Å². The summed E-state index contributed by atoms with van der Waals surface area (Å²) in [5.74, 6) is -0.741. The quantitative estimate of drug-likeness (QED) is 0.0240. The molecule has 0 aliphatic rings. The van der Waals surface area contributed by atoms with Crippen molar-refractivity contribution in [2.24, 2.45) is 54.7 Å². The average molecular weight is 1330 g/mol. The molecule has 1 atom stereocenters. The molecule has 0 aliphatic heterocycles. The van der Waals surface area contributed by atoms with E-state index in [4.69, 9.17) is 28.1 Å². The lowest BCUT2D eigenvalue weighted by Crippen LogP contribution is -2.54. The highest BCUT2D eigenvalue weighted by molar-refractivity contribution is 7.98. The third-order valence-corrected chi connectivity index (χ3v) is 15.4. The lowest BCUT2D eigenvalue weighted by Gasteiger charge is -2.33. The first-order valence-corrected chi connectivity index (χ1v) is 34.1. The minimum Gasteiger partial charge on any atom is -0.492 e. The third-order valence-electron chi connectivity index (χ3n) is 14.9. The summed E-state index contributed by atoms with van der Waals surface area (Å²) < 4.78 is 36.2. The Morgan fingerprint density at radius 3 is 1.39 bits per heavy atom. The van der Waals surface area contributed by atoms with Gasteiger partial charge in [0.25, 0.3) is 5.22 Å². The second-order valence-corrected chi connectivity index (χ2v) is 34.5. The Kier molecular flexibility index (Phi) is 32.5. The predicted molar refractivity (Wildman–Crippen MR) is 367 cm³/mol. The largest absolute Gasteiger partial charge is 0.492 e. The van der Waals surface area contributed by atoms with Crippen LogP contribution in [0.15, 0.2) is 33.9 Å². The molecule has 0 saturated heterocycles. The van der Waals surface area contributed by atoms with Crippen LogP contribution in [0, 0.1) is 54.7 Å². The molecule has 7 N–H and O–H groups in total. The van der Waals surface area contributed by atoms with Crippen LogP contribution in [0.3, 0.4) is 0 Å². The van der Waals surface area contributed by atoms with Gasteiger partial charge in [0, 0.05) is 90.5 Å². The Bertz CT molecular complexity index is 2690. The minimum absolute atomic E-state index is 0.00121. The number of benzene rings is 1. The van der Waals surface area contributed by atoms with Gasteiger partial charge in [0.2, 0.25) is 47.2 Å². The second-order valence-electron chi connectivity index (χ2n) is 33.8. The van der Waals surface area contributed by atoms with Crippen LogP contribution in [0.25, 0.3) is 11.5 Å². The number of nitrogens with one attached hydrogen (secondary N) is 7. The predicted octanol–water partition coefficient (Wildman–Crippen LogP) is 9.73. The number of rotatable bonds is 44. The van der Waals surface area contributed by atoms with E-state index >= 15 is 0 Å². The molecule has 93 heavy (non-hydrogen) atoms. The van der Waals surface area contributed by atoms with Crippen molar-refractivity contribution in [2.45, 2.75) is 208 Å². The maximum Gasteiger partial charge on any atom is 0.276 e. The molecule has 22 nitrogen and oxygen atoms in total. The first kappa shape index (κ1) is 83.7. The summed E-state index contributed by atoms with van der Waals surface area (Å²) in [7, 11) is 0. The number of thioether (sulfide) groups is 1. The molecule has 2 aromatic rings. The van der Waals surface area contributed by atoms with E-state index in [9.17, 15) is 33.6 Å². The number of hydrogen-bond donors (Lipinski definition) is 7. The van der Waals surface area contributed by atoms with E-state index in [0.717, 1.165) is 12.0 Å². The van der Waals surface area contributed by atoms with Crippen molar-refractivity contribution < 1.29 is 61.7 Å². The zero-order valence-electron chi connectivity index (χ0n) is 61.5. The molecule has 0 radical (unpaired) electrons. The van der Waals surface area contributed by atoms with Gasteiger partial charge in [-0.05, 0) is 72.4 Å². The van der Waals surface area contributed by atoms with E-state index in [1.54, 1.807) is 24.3 Å². The molecular weight excluding hydrogens is 1210 g/mol. The number of ether oxygens (including phenoxy) is 5. The SMILES string of the molecule is CSc1nnc(-c2ccc(OCCNC(=O)[C@H](CNC(=O)CC(C)(C)COCC(C)(C)CNC(=O)CC(C)(C)OCC(C)(C)CNC(=O)C(C)C)NC(=O)CC(C)(C)COCC(C)(C)CNC(=O)CC(C)(C)COCC(C)(C)CNC(=O)C(C)(C)CC(C)(C)C)cc2)o1. The van der Waals surface area contributed by atoms with Crippen LogP contribution < -0.4 is 42.0 Å². The van der Waals surface area contributed by atoms with Crippen molar-refractivity contribution in [3.63, 3.8) is 0 Å². The Balaban J connectivity index is 1.98. The molecule has 0 aliphatic carbocycles. The summed E-state index contributed by atoms with van der Waals surface area (Å²) in [6.07, 6.45) is 3.04.